The van der Waals surface area contributed by atoms with Crippen molar-refractivity contribution in [1.29, 1.82) is 0 Å². The fourth-order valence-electron chi connectivity index (χ4n) is 2.73. The van der Waals surface area contributed by atoms with E-state index in [4.69, 9.17) is 23.2 Å². The second-order valence-electron chi connectivity index (χ2n) is 5.68. The van der Waals surface area contributed by atoms with Crippen molar-refractivity contribution in [1.82, 2.24) is 4.72 Å². The standard InChI is InChI=1S/C14H19Cl2NO2S/c1-8-4-5-11(6-8)17-20(18,19)14-10(3)12(15)7-9(2)13(14)16/h7-8,11,17H,4-6H2,1-3H3. The average Bonchev–Trinajstić information content (AvgIpc) is 2.71. The van der Waals surface area contributed by atoms with Crippen molar-refractivity contribution < 1.29 is 8.42 Å². The van der Waals surface area contributed by atoms with Crippen molar-refractivity contribution >= 4 is 33.2 Å². The SMILES string of the molecule is Cc1cc(Cl)c(C)c(S(=O)(=O)NC2CCC(C)C2)c1Cl. The molecule has 1 aromatic carbocycles. The van der Waals surface area contributed by atoms with Gasteiger partial charge in [-0.1, -0.05) is 30.1 Å². The van der Waals surface area contributed by atoms with E-state index in [0.717, 1.165) is 19.3 Å². The number of hydrogen-bond acceptors (Lipinski definition) is 2. The summed E-state index contributed by atoms with van der Waals surface area (Å²) in [6.07, 6.45) is 2.79. The number of aryl methyl sites for hydroxylation is 1. The van der Waals surface area contributed by atoms with Crippen LogP contribution < -0.4 is 4.72 Å². The zero-order valence-electron chi connectivity index (χ0n) is 11.8. The molecule has 2 unspecified atom stereocenters. The van der Waals surface area contributed by atoms with E-state index in [9.17, 15) is 8.42 Å². The van der Waals surface area contributed by atoms with Crippen LogP contribution in [0, 0.1) is 19.8 Å². The summed E-state index contributed by atoms with van der Waals surface area (Å²) in [5.74, 6) is 0.556. The zero-order valence-corrected chi connectivity index (χ0v) is 14.2. The first-order valence-electron chi connectivity index (χ1n) is 6.70. The second kappa shape index (κ2) is 5.84. The van der Waals surface area contributed by atoms with Crippen molar-refractivity contribution in [2.75, 3.05) is 0 Å². The lowest BCUT2D eigenvalue weighted by Gasteiger charge is -2.17. The van der Waals surface area contributed by atoms with Gasteiger partial charge in [0.2, 0.25) is 10.0 Å². The van der Waals surface area contributed by atoms with Crippen molar-refractivity contribution in [3.05, 3.63) is 27.2 Å². The Hall–Kier alpha value is -0.290. The molecule has 3 nitrogen and oxygen atoms in total. The van der Waals surface area contributed by atoms with Gasteiger partial charge in [-0.25, -0.2) is 13.1 Å². The van der Waals surface area contributed by atoms with Crippen LogP contribution in [0.4, 0.5) is 0 Å². The van der Waals surface area contributed by atoms with Crippen molar-refractivity contribution in [3.63, 3.8) is 0 Å². The molecule has 0 aromatic heterocycles. The van der Waals surface area contributed by atoms with Crippen molar-refractivity contribution in [2.45, 2.75) is 51.0 Å². The highest BCUT2D eigenvalue weighted by atomic mass is 35.5. The summed E-state index contributed by atoms with van der Waals surface area (Å²) in [7, 11) is -3.64. The molecule has 6 heteroatoms. The third-order valence-corrected chi connectivity index (χ3v) is 6.56. The van der Waals surface area contributed by atoms with Crippen LogP contribution in [0.5, 0.6) is 0 Å². The highest BCUT2D eigenvalue weighted by Gasteiger charge is 2.29. The Kier molecular flexibility index (Phi) is 4.69. The highest BCUT2D eigenvalue weighted by Crippen LogP contribution is 2.34. The van der Waals surface area contributed by atoms with Crippen molar-refractivity contribution in [2.24, 2.45) is 5.92 Å². The molecule has 2 atom stereocenters. The Bertz CT molecular complexity index is 602. The van der Waals surface area contributed by atoms with Gasteiger partial charge in [-0.2, -0.15) is 0 Å². The van der Waals surface area contributed by atoms with Crippen LogP contribution >= 0.6 is 23.2 Å². The van der Waals surface area contributed by atoms with Gasteiger partial charge in [0.1, 0.15) is 4.90 Å². The van der Waals surface area contributed by atoms with Gasteiger partial charge in [-0.15, -0.1) is 0 Å². The quantitative estimate of drug-likeness (QED) is 0.904. The van der Waals surface area contributed by atoms with Crippen LogP contribution in [-0.4, -0.2) is 14.5 Å². The fourth-order valence-corrected chi connectivity index (χ4v) is 5.22. The lowest BCUT2D eigenvalue weighted by molar-refractivity contribution is 0.538. The molecule has 2 rings (SSSR count). The molecule has 0 spiro atoms. The maximum atomic E-state index is 12.6. The van der Waals surface area contributed by atoms with Gasteiger partial charge < -0.3 is 0 Å². The summed E-state index contributed by atoms with van der Waals surface area (Å²) >= 11 is 12.3. The van der Waals surface area contributed by atoms with Crippen molar-refractivity contribution in [3.8, 4) is 0 Å². The average molecular weight is 336 g/mol. The maximum Gasteiger partial charge on any atom is 0.242 e. The van der Waals surface area contributed by atoms with Gasteiger partial charge in [-0.3, -0.25) is 0 Å². The molecule has 112 valence electrons. The lowest BCUT2D eigenvalue weighted by atomic mass is 10.1. The number of nitrogens with one attached hydrogen (secondary N) is 1. The third kappa shape index (κ3) is 3.14. The summed E-state index contributed by atoms with van der Waals surface area (Å²) < 4.78 is 27.9. The minimum Gasteiger partial charge on any atom is -0.208 e. The van der Waals surface area contributed by atoms with Gasteiger partial charge in [0.25, 0.3) is 0 Å². The molecular weight excluding hydrogens is 317 g/mol. The Labute approximate surface area is 130 Å². The largest absolute Gasteiger partial charge is 0.242 e. The zero-order chi connectivity index (χ0) is 15.1. The van der Waals surface area contributed by atoms with E-state index in [2.05, 4.69) is 11.6 Å². The summed E-state index contributed by atoms with van der Waals surface area (Å²) in [5, 5.41) is 0.678. The molecule has 0 bridgehead atoms. The topological polar surface area (TPSA) is 46.2 Å². The van der Waals surface area contributed by atoms with Crippen LogP contribution in [0.3, 0.4) is 0 Å². The molecule has 0 saturated heterocycles. The monoisotopic (exact) mass is 335 g/mol. The normalized spacial score (nSPS) is 23.2. The van der Waals surface area contributed by atoms with E-state index in [1.165, 1.54) is 0 Å². The molecule has 1 aromatic rings. The van der Waals surface area contributed by atoms with E-state index in [0.29, 0.717) is 22.1 Å². The van der Waals surface area contributed by atoms with Crippen LogP contribution in [0.2, 0.25) is 10.0 Å². The molecule has 0 radical (unpaired) electrons. The van der Waals surface area contributed by atoms with E-state index < -0.39 is 10.0 Å². The molecule has 0 heterocycles. The smallest absolute Gasteiger partial charge is 0.208 e. The molecule has 1 aliphatic carbocycles. The molecule has 1 saturated carbocycles. The van der Waals surface area contributed by atoms with Crippen LogP contribution in [0.15, 0.2) is 11.0 Å². The Morgan fingerprint density at radius 2 is 1.90 bits per heavy atom. The Morgan fingerprint density at radius 1 is 1.25 bits per heavy atom. The molecule has 1 fully saturated rings. The first-order valence-corrected chi connectivity index (χ1v) is 8.94. The minimum atomic E-state index is -3.64. The molecule has 0 aliphatic heterocycles. The van der Waals surface area contributed by atoms with Gasteiger partial charge >= 0.3 is 0 Å². The maximum absolute atomic E-state index is 12.6. The van der Waals surface area contributed by atoms with Gasteiger partial charge in [-0.05, 0) is 56.2 Å². The molecule has 20 heavy (non-hydrogen) atoms. The summed E-state index contributed by atoms with van der Waals surface area (Å²) in [6, 6.07) is 1.68. The minimum absolute atomic E-state index is 0.00949. The molecule has 1 aliphatic rings. The molecule has 1 N–H and O–H groups in total. The van der Waals surface area contributed by atoms with Gasteiger partial charge in [0.15, 0.2) is 0 Å². The molecular formula is C14H19Cl2NO2S. The van der Waals surface area contributed by atoms with E-state index >= 15 is 0 Å². The Balaban J connectivity index is 2.39. The van der Waals surface area contributed by atoms with Gasteiger partial charge in [0, 0.05) is 11.1 Å². The Morgan fingerprint density at radius 3 is 2.45 bits per heavy atom. The van der Waals surface area contributed by atoms with E-state index in [1.807, 2.05) is 0 Å². The first kappa shape index (κ1) is 16.1. The number of benzene rings is 1. The first-order chi connectivity index (χ1) is 9.22. The predicted octanol–water partition coefficient (Wildman–Crippen LogP) is 4.08. The number of hydrogen-bond donors (Lipinski definition) is 1. The summed E-state index contributed by atoms with van der Waals surface area (Å²) in [4.78, 5) is 0.115. The lowest BCUT2D eigenvalue weighted by Crippen LogP contribution is -2.33. The highest BCUT2D eigenvalue weighted by molar-refractivity contribution is 7.89. The van der Waals surface area contributed by atoms with E-state index in [1.54, 1.807) is 19.9 Å². The fraction of sp³-hybridized carbons (Fsp3) is 0.571. The summed E-state index contributed by atoms with van der Waals surface area (Å²) in [5.41, 5.74) is 1.17. The van der Waals surface area contributed by atoms with Crippen LogP contribution in [0.25, 0.3) is 0 Å². The van der Waals surface area contributed by atoms with Gasteiger partial charge in [0.05, 0.1) is 5.02 Å². The molecule has 0 amide bonds. The van der Waals surface area contributed by atoms with E-state index in [-0.39, 0.29) is 16.0 Å². The number of rotatable bonds is 3. The second-order valence-corrected chi connectivity index (χ2v) is 8.12. The predicted molar refractivity (Wildman–Crippen MR) is 83.1 cm³/mol. The number of halogens is 2. The number of sulfonamides is 1. The summed E-state index contributed by atoms with van der Waals surface area (Å²) in [6.45, 7) is 5.57. The van der Waals surface area contributed by atoms with Crippen LogP contribution in [-0.2, 0) is 10.0 Å². The third-order valence-electron chi connectivity index (χ3n) is 3.87. The van der Waals surface area contributed by atoms with Crippen LogP contribution in [0.1, 0.15) is 37.3 Å².